The first kappa shape index (κ1) is 9.24. The number of likely N-dealkylation sites (N-methyl/N-ethyl adjacent to an activating group) is 1. The van der Waals surface area contributed by atoms with Crippen molar-refractivity contribution in [1.82, 2.24) is 5.32 Å². The van der Waals surface area contributed by atoms with Crippen molar-refractivity contribution in [1.29, 1.82) is 0 Å². The van der Waals surface area contributed by atoms with Crippen molar-refractivity contribution < 1.29 is 0 Å². The Bertz CT molecular complexity index is 145. The lowest BCUT2D eigenvalue weighted by atomic mass is 10.00. The summed E-state index contributed by atoms with van der Waals surface area (Å²) in [7, 11) is 1.82. The van der Waals surface area contributed by atoms with Crippen molar-refractivity contribution in [3.63, 3.8) is 0 Å². The minimum Gasteiger partial charge on any atom is -0.390 e. The van der Waals surface area contributed by atoms with Crippen LogP contribution in [-0.2, 0) is 0 Å². The first-order chi connectivity index (χ1) is 4.54. The van der Waals surface area contributed by atoms with Gasteiger partial charge in [0.15, 0.2) is 0 Å². The molecule has 2 heteroatoms. The minimum atomic E-state index is -0.427. The summed E-state index contributed by atoms with van der Waals surface area (Å²) in [6.45, 7) is 7.62. The van der Waals surface area contributed by atoms with Crippen LogP contribution in [0.5, 0.6) is 0 Å². The highest BCUT2D eigenvalue weighted by Crippen LogP contribution is 2.08. The van der Waals surface area contributed by atoms with E-state index < -0.39 is 5.54 Å². The fourth-order valence-corrected chi connectivity index (χ4v) is 0.716. The van der Waals surface area contributed by atoms with Crippen LogP contribution >= 0.6 is 0 Å². The van der Waals surface area contributed by atoms with Crippen molar-refractivity contribution in [3.05, 3.63) is 24.4 Å². The maximum Gasteiger partial charge on any atom is 0.0708 e. The lowest BCUT2D eigenvalue weighted by Crippen LogP contribution is -2.40. The van der Waals surface area contributed by atoms with Gasteiger partial charge in [-0.25, -0.2) is 0 Å². The largest absolute Gasteiger partial charge is 0.390 e. The molecule has 0 aliphatic rings. The second-order valence-electron chi connectivity index (χ2n) is 2.51. The van der Waals surface area contributed by atoms with E-state index in [1.54, 1.807) is 0 Å². The van der Waals surface area contributed by atoms with E-state index in [0.717, 1.165) is 5.70 Å². The highest BCUT2D eigenvalue weighted by atomic mass is 14.9. The molecule has 0 bridgehead atoms. The third kappa shape index (κ3) is 2.23. The molecular formula is C8H16N2. The molecule has 0 rings (SSSR count). The predicted octanol–water partition coefficient (Wildman–Crippen LogP) is 1.01. The van der Waals surface area contributed by atoms with Crippen LogP contribution in [0.2, 0.25) is 0 Å². The standard InChI is InChI=1S/C8H16N2/c1-5-6-8(3,9)7(2)10-4/h5-6,10H,2,9H2,1,3-4H3/b6-5-. The Morgan fingerprint density at radius 3 is 2.50 bits per heavy atom. The number of nitrogens with two attached hydrogens (primary N) is 1. The summed E-state index contributed by atoms with van der Waals surface area (Å²) in [6, 6.07) is 0. The zero-order valence-electron chi connectivity index (χ0n) is 6.94. The Kier molecular flexibility index (Phi) is 3.16. The van der Waals surface area contributed by atoms with Crippen molar-refractivity contribution in [3.8, 4) is 0 Å². The van der Waals surface area contributed by atoms with Crippen molar-refractivity contribution in [2.24, 2.45) is 5.73 Å². The maximum absolute atomic E-state index is 5.83. The number of hydrogen-bond acceptors (Lipinski definition) is 2. The summed E-state index contributed by atoms with van der Waals surface area (Å²) < 4.78 is 0. The molecule has 0 aromatic carbocycles. The fraction of sp³-hybridized carbons (Fsp3) is 0.500. The van der Waals surface area contributed by atoms with E-state index in [0.29, 0.717) is 0 Å². The van der Waals surface area contributed by atoms with Gasteiger partial charge in [0, 0.05) is 12.7 Å². The third-order valence-electron chi connectivity index (χ3n) is 1.46. The lowest BCUT2D eigenvalue weighted by molar-refractivity contribution is 0.638. The molecule has 10 heavy (non-hydrogen) atoms. The molecule has 0 saturated carbocycles. The van der Waals surface area contributed by atoms with Crippen LogP contribution in [0.4, 0.5) is 0 Å². The summed E-state index contributed by atoms with van der Waals surface area (Å²) in [5.41, 5.74) is 6.23. The zero-order chi connectivity index (χ0) is 8.20. The number of hydrogen-bond donors (Lipinski definition) is 2. The summed E-state index contributed by atoms with van der Waals surface area (Å²) in [4.78, 5) is 0. The van der Waals surface area contributed by atoms with E-state index in [1.165, 1.54) is 0 Å². The van der Waals surface area contributed by atoms with Gasteiger partial charge < -0.3 is 11.1 Å². The van der Waals surface area contributed by atoms with Crippen LogP contribution in [-0.4, -0.2) is 12.6 Å². The van der Waals surface area contributed by atoms with E-state index in [1.807, 2.05) is 33.0 Å². The van der Waals surface area contributed by atoms with Gasteiger partial charge in [-0.3, -0.25) is 0 Å². The van der Waals surface area contributed by atoms with Gasteiger partial charge in [0.1, 0.15) is 0 Å². The highest BCUT2D eigenvalue weighted by Gasteiger charge is 2.16. The second kappa shape index (κ2) is 3.42. The average molecular weight is 140 g/mol. The quantitative estimate of drug-likeness (QED) is 0.574. The zero-order valence-corrected chi connectivity index (χ0v) is 6.94. The minimum absolute atomic E-state index is 0.427. The Morgan fingerprint density at radius 2 is 2.20 bits per heavy atom. The van der Waals surface area contributed by atoms with E-state index in [9.17, 15) is 0 Å². The Hall–Kier alpha value is -0.760. The van der Waals surface area contributed by atoms with Crippen LogP contribution in [0, 0.1) is 0 Å². The average Bonchev–Trinajstić information content (AvgIpc) is 1.86. The van der Waals surface area contributed by atoms with Crippen LogP contribution in [0.3, 0.4) is 0 Å². The van der Waals surface area contributed by atoms with Crippen LogP contribution in [0.25, 0.3) is 0 Å². The van der Waals surface area contributed by atoms with Gasteiger partial charge in [-0.15, -0.1) is 0 Å². The molecule has 3 N–H and O–H groups in total. The fourth-order valence-electron chi connectivity index (χ4n) is 0.716. The monoisotopic (exact) mass is 140 g/mol. The first-order valence-corrected chi connectivity index (χ1v) is 3.34. The van der Waals surface area contributed by atoms with Crippen molar-refractivity contribution in [2.45, 2.75) is 19.4 Å². The van der Waals surface area contributed by atoms with Gasteiger partial charge in [-0.1, -0.05) is 18.7 Å². The molecule has 0 fully saturated rings. The molecule has 0 saturated heterocycles. The van der Waals surface area contributed by atoms with Crippen LogP contribution < -0.4 is 11.1 Å². The van der Waals surface area contributed by atoms with Gasteiger partial charge in [0.05, 0.1) is 5.54 Å². The molecular weight excluding hydrogens is 124 g/mol. The van der Waals surface area contributed by atoms with Gasteiger partial charge in [-0.05, 0) is 13.8 Å². The first-order valence-electron chi connectivity index (χ1n) is 3.34. The molecule has 0 aromatic heterocycles. The molecule has 0 amide bonds. The van der Waals surface area contributed by atoms with E-state index in [-0.39, 0.29) is 0 Å². The van der Waals surface area contributed by atoms with E-state index in [4.69, 9.17) is 5.73 Å². The predicted molar refractivity (Wildman–Crippen MR) is 45.6 cm³/mol. The molecule has 0 radical (unpaired) electrons. The van der Waals surface area contributed by atoms with Gasteiger partial charge in [0.25, 0.3) is 0 Å². The van der Waals surface area contributed by atoms with Crippen LogP contribution in [0.15, 0.2) is 24.4 Å². The molecule has 0 aliphatic carbocycles. The van der Waals surface area contributed by atoms with Gasteiger partial charge >= 0.3 is 0 Å². The molecule has 0 spiro atoms. The highest BCUT2D eigenvalue weighted by molar-refractivity contribution is 5.20. The summed E-state index contributed by atoms with van der Waals surface area (Å²) >= 11 is 0. The Labute approximate surface area is 62.8 Å². The SMILES string of the molecule is C=C(NC)C(C)(N)/C=C\C. The lowest BCUT2D eigenvalue weighted by Gasteiger charge is -2.22. The molecule has 1 atom stereocenters. The van der Waals surface area contributed by atoms with Crippen molar-refractivity contribution in [2.75, 3.05) is 7.05 Å². The van der Waals surface area contributed by atoms with Crippen LogP contribution in [0.1, 0.15) is 13.8 Å². The second-order valence-corrected chi connectivity index (χ2v) is 2.51. The molecule has 0 aliphatic heterocycles. The summed E-state index contributed by atoms with van der Waals surface area (Å²) in [5, 5.41) is 2.92. The Balaban J connectivity index is 4.24. The summed E-state index contributed by atoms with van der Waals surface area (Å²) in [6.07, 6.45) is 3.83. The Morgan fingerprint density at radius 1 is 1.70 bits per heavy atom. The maximum atomic E-state index is 5.83. The summed E-state index contributed by atoms with van der Waals surface area (Å²) in [5.74, 6) is 0. The number of rotatable bonds is 3. The molecule has 2 nitrogen and oxygen atoms in total. The number of nitrogens with one attached hydrogen (secondary N) is 1. The van der Waals surface area contributed by atoms with Gasteiger partial charge in [0.2, 0.25) is 0 Å². The normalized spacial score (nSPS) is 16.8. The van der Waals surface area contributed by atoms with E-state index in [2.05, 4.69) is 11.9 Å². The molecule has 1 unspecified atom stereocenters. The van der Waals surface area contributed by atoms with Crippen molar-refractivity contribution >= 4 is 0 Å². The van der Waals surface area contributed by atoms with E-state index >= 15 is 0 Å². The number of allylic oxidation sites excluding steroid dienone is 1. The topological polar surface area (TPSA) is 38.0 Å². The molecule has 0 aromatic rings. The van der Waals surface area contributed by atoms with Gasteiger partial charge in [-0.2, -0.15) is 0 Å². The molecule has 0 heterocycles. The molecule has 58 valence electrons. The smallest absolute Gasteiger partial charge is 0.0708 e. The third-order valence-corrected chi connectivity index (χ3v) is 1.46.